The Morgan fingerprint density at radius 2 is 1.96 bits per heavy atom. The normalized spacial score (nSPS) is 10.4. The standard InChI is InChI=1S/C18H23N3O3/c19-10-11-20-17(22)8-13-21-12-4-7-16(18(21)23)24-14-9-15-5-2-1-3-6-15/h1-7,12H,8-11,13-14,19H2,(H,20,22). The van der Waals surface area contributed by atoms with Crippen LogP contribution in [-0.2, 0) is 17.8 Å². The molecule has 0 aliphatic heterocycles. The van der Waals surface area contributed by atoms with Crippen LogP contribution in [0.4, 0.5) is 0 Å². The van der Waals surface area contributed by atoms with Crippen molar-refractivity contribution in [1.29, 1.82) is 0 Å². The van der Waals surface area contributed by atoms with Crippen LogP contribution in [-0.4, -0.2) is 30.2 Å². The lowest BCUT2D eigenvalue weighted by molar-refractivity contribution is -0.121. The number of hydrogen-bond donors (Lipinski definition) is 2. The topological polar surface area (TPSA) is 86.3 Å². The molecule has 6 heteroatoms. The maximum absolute atomic E-state index is 12.3. The average Bonchev–Trinajstić information content (AvgIpc) is 2.61. The molecule has 0 radical (unpaired) electrons. The summed E-state index contributed by atoms with van der Waals surface area (Å²) in [4.78, 5) is 23.9. The molecule has 0 fully saturated rings. The van der Waals surface area contributed by atoms with E-state index in [2.05, 4.69) is 5.32 Å². The van der Waals surface area contributed by atoms with Crippen LogP contribution in [0, 0.1) is 0 Å². The van der Waals surface area contributed by atoms with E-state index in [4.69, 9.17) is 10.5 Å². The van der Waals surface area contributed by atoms with Crippen LogP contribution in [0.3, 0.4) is 0 Å². The number of aromatic nitrogens is 1. The van der Waals surface area contributed by atoms with Crippen LogP contribution in [0.5, 0.6) is 5.75 Å². The molecular formula is C18H23N3O3. The summed E-state index contributed by atoms with van der Waals surface area (Å²) in [6.45, 7) is 1.58. The van der Waals surface area contributed by atoms with Crippen molar-refractivity contribution in [2.75, 3.05) is 19.7 Å². The van der Waals surface area contributed by atoms with Crippen molar-refractivity contribution in [3.8, 4) is 5.75 Å². The van der Waals surface area contributed by atoms with Crippen molar-refractivity contribution in [2.45, 2.75) is 19.4 Å². The van der Waals surface area contributed by atoms with Crippen LogP contribution in [0.15, 0.2) is 53.5 Å². The van der Waals surface area contributed by atoms with Crippen molar-refractivity contribution in [3.63, 3.8) is 0 Å². The third-order valence-corrected chi connectivity index (χ3v) is 3.52. The fraction of sp³-hybridized carbons (Fsp3) is 0.333. The summed E-state index contributed by atoms with van der Waals surface area (Å²) in [6, 6.07) is 13.3. The number of carbonyl (C=O) groups is 1. The average molecular weight is 329 g/mol. The molecule has 0 aliphatic carbocycles. The van der Waals surface area contributed by atoms with Gasteiger partial charge in [0.25, 0.3) is 5.56 Å². The molecule has 0 aliphatic rings. The summed E-state index contributed by atoms with van der Waals surface area (Å²) in [5, 5.41) is 2.68. The van der Waals surface area contributed by atoms with Crippen molar-refractivity contribution in [1.82, 2.24) is 9.88 Å². The SMILES string of the molecule is NCCNC(=O)CCn1cccc(OCCc2ccccc2)c1=O. The van der Waals surface area contributed by atoms with Crippen LogP contribution in [0.25, 0.3) is 0 Å². The lowest BCUT2D eigenvalue weighted by atomic mass is 10.2. The predicted octanol–water partition coefficient (Wildman–Crippen LogP) is 0.935. The number of pyridine rings is 1. The molecule has 0 saturated heterocycles. The first kappa shape index (κ1) is 17.7. The third kappa shape index (κ3) is 5.55. The monoisotopic (exact) mass is 329 g/mol. The van der Waals surface area contributed by atoms with Crippen molar-refractivity contribution < 1.29 is 9.53 Å². The third-order valence-electron chi connectivity index (χ3n) is 3.52. The van der Waals surface area contributed by atoms with Crippen LogP contribution in [0.1, 0.15) is 12.0 Å². The first-order chi connectivity index (χ1) is 11.7. The molecule has 0 atom stereocenters. The number of rotatable bonds is 9. The number of nitrogens with one attached hydrogen (secondary N) is 1. The van der Waals surface area contributed by atoms with Gasteiger partial charge in [-0.1, -0.05) is 30.3 Å². The molecular weight excluding hydrogens is 306 g/mol. The second-order valence-corrected chi connectivity index (χ2v) is 5.34. The van der Waals surface area contributed by atoms with E-state index in [0.29, 0.717) is 32.0 Å². The molecule has 0 spiro atoms. The Labute approximate surface area is 141 Å². The zero-order valence-electron chi connectivity index (χ0n) is 13.6. The van der Waals surface area contributed by atoms with Gasteiger partial charge < -0.3 is 20.4 Å². The number of ether oxygens (including phenoxy) is 1. The lowest BCUT2D eigenvalue weighted by Crippen LogP contribution is -2.31. The molecule has 2 rings (SSSR count). The highest BCUT2D eigenvalue weighted by Crippen LogP contribution is 2.05. The highest BCUT2D eigenvalue weighted by Gasteiger charge is 2.06. The van der Waals surface area contributed by atoms with E-state index in [1.807, 2.05) is 30.3 Å². The second kappa shape index (κ2) is 9.52. The Balaban J connectivity index is 1.88. The Hall–Kier alpha value is -2.60. The van der Waals surface area contributed by atoms with Gasteiger partial charge in [0.15, 0.2) is 5.75 Å². The molecule has 24 heavy (non-hydrogen) atoms. The first-order valence-electron chi connectivity index (χ1n) is 8.03. The number of carbonyl (C=O) groups excluding carboxylic acids is 1. The second-order valence-electron chi connectivity index (χ2n) is 5.34. The minimum absolute atomic E-state index is 0.122. The predicted molar refractivity (Wildman–Crippen MR) is 93.0 cm³/mol. The molecule has 6 nitrogen and oxygen atoms in total. The minimum atomic E-state index is -0.225. The van der Waals surface area contributed by atoms with Crippen LogP contribution < -0.4 is 21.3 Å². The van der Waals surface area contributed by atoms with Gasteiger partial charge in [-0.15, -0.1) is 0 Å². The Morgan fingerprint density at radius 1 is 1.17 bits per heavy atom. The molecule has 1 aromatic carbocycles. The van der Waals surface area contributed by atoms with E-state index in [9.17, 15) is 9.59 Å². The summed E-state index contributed by atoms with van der Waals surface area (Å²) in [6.07, 6.45) is 2.62. The number of nitrogens with zero attached hydrogens (tertiary/aromatic N) is 1. The zero-order chi connectivity index (χ0) is 17.2. The Kier molecular flexibility index (Phi) is 7.04. The van der Waals surface area contributed by atoms with Gasteiger partial charge in [0.2, 0.25) is 5.91 Å². The first-order valence-corrected chi connectivity index (χ1v) is 8.03. The quantitative estimate of drug-likeness (QED) is 0.717. The molecule has 1 amide bonds. The lowest BCUT2D eigenvalue weighted by Gasteiger charge is -2.10. The number of amides is 1. The van der Waals surface area contributed by atoms with Crippen LogP contribution >= 0.6 is 0 Å². The number of nitrogens with two attached hydrogens (primary N) is 1. The molecule has 0 saturated carbocycles. The fourth-order valence-corrected chi connectivity index (χ4v) is 2.25. The van der Waals surface area contributed by atoms with E-state index in [1.54, 1.807) is 18.3 Å². The summed E-state index contributed by atoms with van der Waals surface area (Å²) < 4.78 is 7.09. The minimum Gasteiger partial charge on any atom is -0.488 e. The van der Waals surface area contributed by atoms with E-state index in [0.717, 1.165) is 12.0 Å². The van der Waals surface area contributed by atoms with Gasteiger partial charge in [0.05, 0.1) is 6.61 Å². The van der Waals surface area contributed by atoms with Crippen molar-refractivity contribution >= 4 is 5.91 Å². The highest BCUT2D eigenvalue weighted by atomic mass is 16.5. The molecule has 1 heterocycles. The van der Waals surface area contributed by atoms with E-state index in [1.165, 1.54) is 4.57 Å². The molecule has 0 bridgehead atoms. The molecule has 1 aromatic heterocycles. The largest absolute Gasteiger partial charge is 0.488 e. The van der Waals surface area contributed by atoms with Crippen molar-refractivity contribution in [3.05, 3.63) is 64.6 Å². The molecule has 2 aromatic rings. The zero-order valence-corrected chi connectivity index (χ0v) is 13.6. The Morgan fingerprint density at radius 3 is 2.71 bits per heavy atom. The maximum atomic E-state index is 12.3. The fourth-order valence-electron chi connectivity index (χ4n) is 2.25. The van der Waals surface area contributed by atoms with Gasteiger partial charge in [-0.05, 0) is 17.7 Å². The van der Waals surface area contributed by atoms with E-state index < -0.39 is 0 Å². The van der Waals surface area contributed by atoms with Gasteiger partial charge >= 0.3 is 0 Å². The van der Waals surface area contributed by atoms with Crippen LogP contribution in [0.2, 0.25) is 0 Å². The molecule has 0 unspecified atom stereocenters. The van der Waals surface area contributed by atoms with Crippen molar-refractivity contribution in [2.24, 2.45) is 5.73 Å². The van der Waals surface area contributed by atoms with E-state index in [-0.39, 0.29) is 17.9 Å². The van der Waals surface area contributed by atoms with Gasteiger partial charge in [0.1, 0.15) is 0 Å². The summed E-state index contributed by atoms with van der Waals surface area (Å²) >= 11 is 0. The van der Waals surface area contributed by atoms with E-state index >= 15 is 0 Å². The molecule has 3 N–H and O–H groups in total. The Bertz CT molecular complexity index is 698. The number of aryl methyl sites for hydroxylation is 1. The van der Waals surface area contributed by atoms with Gasteiger partial charge in [0, 0.05) is 38.7 Å². The van der Waals surface area contributed by atoms with Gasteiger partial charge in [-0.2, -0.15) is 0 Å². The molecule has 128 valence electrons. The van der Waals surface area contributed by atoms with Gasteiger partial charge in [-0.3, -0.25) is 9.59 Å². The summed E-state index contributed by atoms with van der Waals surface area (Å²) in [5.74, 6) is 0.179. The number of benzene rings is 1. The number of hydrogen-bond acceptors (Lipinski definition) is 4. The summed E-state index contributed by atoms with van der Waals surface area (Å²) in [5.41, 5.74) is 6.26. The smallest absolute Gasteiger partial charge is 0.292 e. The van der Waals surface area contributed by atoms with Gasteiger partial charge in [-0.25, -0.2) is 0 Å². The maximum Gasteiger partial charge on any atom is 0.292 e. The summed E-state index contributed by atoms with van der Waals surface area (Å²) in [7, 11) is 0. The highest BCUT2D eigenvalue weighted by molar-refractivity contribution is 5.75.